The van der Waals surface area contributed by atoms with Crippen LogP contribution >= 0.6 is 0 Å². The molecule has 2 heteroatoms. The monoisotopic (exact) mass is 265 g/mol. The van der Waals surface area contributed by atoms with E-state index in [0.29, 0.717) is 15.0 Å². The normalized spacial score (nSPS) is 15.6. The van der Waals surface area contributed by atoms with E-state index in [1.807, 2.05) is 0 Å². The Bertz CT molecular complexity index is 344. The van der Waals surface area contributed by atoms with Crippen molar-refractivity contribution in [3.63, 3.8) is 0 Å². The zero-order valence-corrected chi connectivity index (χ0v) is 10.5. The van der Waals surface area contributed by atoms with Crippen LogP contribution in [0, 0.1) is 10.9 Å². The molecule has 1 saturated heterocycles. The van der Waals surface area contributed by atoms with Gasteiger partial charge in [-0.2, -0.15) is 0 Å². The van der Waals surface area contributed by atoms with Crippen LogP contribution in [0.5, 0.6) is 0 Å². The molecular weight excluding hydrogens is 249 g/mol. The zero-order valence-electron chi connectivity index (χ0n) is 8.78. The van der Waals surface area contributed by atoms with Gasteiger partial charge in [0.1, 0.15) is 0 Å². The predicted octanol–water partition coefficient (Wildman–Crippen LogP) is 1.42. The van der Waals surface area contributed by atoms with E-state index in [1.54, 1.807) is 0 Å². The molecule has 0 spiro atoms. The van der Waals surface area contributed by atoms with E-state index in [0.717, 1.165) is 13.1 Å². The Labute approximate surface area is 98.0 Å². The molecule has 0 saturated carbocycles. The number of rotatable bonds is 1. The van der Waals surface area contributed by atoms with Crippen LogP contribution in [-0.2, 0) is 0 Å². The van der Waals surface area contributed by atoms with Gasteiger partial charge in [0.15, 0.2) is 0 Å². The summed E-state index contributed by atoms with van der Waals surface area (Å²) in [6, 6.07) is 13.8. The van der Waals surface area contributed by atoms with Crippen LogP contribution in [0.1, 0.15) is 19.3 Å². The van der Waals surface area contributed by atoms with Crippen LogP contribution in [0.15, 0.2) is 30.3 Å². The molecule has 0 amide bonds. The summed E-state index contributed by atoms with van der Waals surface area (Å²) in [5.74, 6) is 0. The van der Waals surface area contributed by atoms with Crippen molar-refractivity contribution in [1.82, 2.24) is 4.90 Å². The predicted molar refractivity (Wildman–Crippen MR) is 65.0 cm³/mol. The summed E-state index contributed by atoms with van der Waals surface area (Å²) in [7, 11) is 0. The van der Waals surface area contributed by atoms with Gasteiger partial charge in [-0.25, -0.2) is 0 Å². The molecule has 1 aliphatic heterocycles. The van der Waals surface area contributed by atoms with E-state index in [4.69, 9.17) is 0 Å². The van der Waals surface area contributed by atoms with E-state index in [1.165, 1.54) is 23.7 Å². The van der Waals surface area contributed by atoms with Crippen molar-refractivity contribution in [2.45, 2.75) is 19.3 Å². The van der Waals surface area contributed by atoms with Gasteiger partial charge in [0.25, 0.3) is 0 Å². The van der Waals surface area contributed by atoms with Crippen LogP contribution in [-0.4, -0.2) is 32.9 Å². The average Bonchev–Trinajstić information content (AvgIpc) is 2.32. The van der Waals surface area contributed by atoms with Crippen molar-refractivity contribution < 1.29 is 0 Å². The van der Waals surface area contributed by atoms with Gasteiger partial charge in [-0.1, -0.05) is 0 Å². The van der Waals surface area contributed by atoms with E-state index < -0.39 is 0 Å². The van der Waals surface area contributed by atoms with Gasteiger partial charge in [0.05, 0.1) is 0 Å². The molecule has 1 heterocycles. The van der Waals surface area contributed by atoms with Crippen LogP contribution < -0.4 is 4.46 Å². The van der Waals surface area contributed by atoms with Gasteiger partial charge in [0, 0.05) is 0 Å². The summed E-state index contributed by atoms with van der Waals surface area (Å²) in [6.45, 7) is 2.33. The summed E-state index contributed by atoms with van der Waals surface area (Å²) < 4.78 is 1.37. The molecule has 1 fully saturated rings. The fraction of sp³-hybridized carbons (Fsp3) is 0.385. The fourth-order valence-electron chi connectivity index (χ4n) is 1.64. The Kier molecular flexibility index (Phi) is 4.14. The molecule has 1 aliphatic rings. The van der Waals surface area contributed by atoms with E-state index >= 15 is 0 Å². The molecule has 0 radical (unpaired) electrons. The van der Waals surface area contributed by atoms with Crippen molar-refractivity contribution in [2.24, 2.45) is 0 Å². The van der Waals surface area contributed by atoms with Crippen molar-refractivity contribution >= 4 is 19.4 Å². The van der Waals surface area contributed by atoms with Crippen LogP contribution in [0.25, 0.3) is 0 Å². The molecule has 0 unspecified atom stereocenters. The van der Waals surface area contributed by atoms with Gasteiger partial charge in [-0.15, -0.1) is 0 Å². The Morgan fingerprint density at radius 2 is 1.73 bits per heavy atom. The Hall–Kier alpha value is -0.901. The second-order valence-corrected chi connectivity index (χ2v) is 5.52. The maximum atomic E-state index is 3.31. The first-order valence-electron chi connectivity index (χ1n) is 5.42. The summed E-state index contributed by atoms with van der Waals surface area (Å²) in [4.78, 5) is 5.58. The second-order valence-electron chi connectivity index (χ2n) is 3.68. The fourth-order valence-corrected chi connectivity index (χ4v) is 2.87. The van der Waals surface area contributed by atoms with Gasteiger partial charge in [0.2, 0.25) is 0 Å². The number of nitrogens with zero attached hydrogens (tertiary/aromatic N) is 1. The van der Waals surface area contributed by atoms with Crippen LogP contribution in [0.3, 0.4) is 0 Å². The third-order valence-corrected chi connectivity index (χ3v) is 3.94. The van der Waals surface area contributed by atoms with Crippen molar-refractivity contribution in [1.29, 1.82) is 0 Å². The number of likely N-dealkylation sites (tertiary alicyclic amines) is 1. The summed E-state index contributed by atoms with van der Waals surface area (Å²) in [6.07, 6.45) is 4.00. The molecule has 1 nitrogen and oxygen atoms in total. The van der Waals surface area contributed by atoms with Gasteiger partial charge in [-0.05, 0) is 0 Å². The number of piperidine rings is 1. The Morgan fingerprint density at radius 3 is 2.47 bits per heavy atom. The molecular formula is C13H15NSe. The zero-order chi connectivity index (χ0) is 10.3. The standard InChI is InChI=1S/C13H15NSe/c1-3-7-13(8-4-1)15-12-11-14-9-5-2-6-10-14/h1,3-4,7-8H,2,5-6,9-10H2. The summed E-state index contributed by atoms with van der Waals surface area (Å²) >= 11 is 0.318. The quantitative estimate of drug-likeness (QED) is 0.548. The third kappa shape index (κ3) is 3.63. The molecule has 0 atom stereocenters. The van der Waals surface area contributed by atoms with E-state index in [2.05, 4.69) is 46.1 Å². The van der Waals surface area contributed by atoms with Gasteiger partial charge >= 0.3 is 97.9 Å². The Balaban J connectivity index is 1.84. The van der Waals surface area contributed by atoms with Gasteiger partial charge < -0.3 is 0 Å². The molecule has 1 aromatic rings. The molecule has 15 heavy (non-hydrogen) atoms. The number of hydrogen-bond acceptors (Lipinski definition) is 1. The first-order chi connectivity index (χ1) is 7.45. The molecule has 0 N–H and O–H groups in total. The molecule has 1 aromatic carbocycles. The van der Waals surface area contributed by atoms with Crippen molar-refractivity contribution in [3.8, 4) is 10.9 Å². The minimum atomic E-state index is 0.318. The topological polar surface area (TPSA) is 3.24 Å². The third-order valence-electron chi connectivity index (χ3n) is 2.47. The molecule has 0 aromatic heterocycles. The SMILES string of the molecule is C(#CN1CCCCC1)[Se]c1ccccc1. The number of hydrogen-bond donors (Lipinski definition) is 0. The molecule has 0 bridgehead atoms. The first-order valence-corrected chi connectivity index (χ1v) is 7.14. The second kappa shape index (κ2) is 5.85. The maximum absolute atomic E-state index is 3.31. The minimum absolute atomic E-state index is 0.318. The molecule has 0 aliphatic carbocycles. The Morgan fingerprint density at radius 1 is 1.00 bits per heavy atom. The summed E-state index contributed by atoms with van der Waals surface area (Å²) in [5.41, 5.74) is 0. The van der Waals surface area contributed by atoms with E-state index in [-0.39, 0.29) is 0 Å². The van der Waals surface area contributed by atoms with Gasteiger partial charge in [-0.3, -0.25) is 0 Å². The van der Waals surface area contributed by atoms with Crippen molar-refractivity contribution in [3.05, 3.63) is 30.3 Å². The van der Waals surface area contributed by atoms with Crippen LogP contribution in [0.4, 0.5) is 0 Å². The first kappa shape index (κ1) is 10.6. The molecule has 78 valence electrons. The van der Waals surface area contributed by atoms with E-state index in [9.17, 15) is 0 Å². The average molecular weight is 264 g/mol. The number of benzene rings is 1. The van der Waals surface area contributed by atoms with Crippen LogP contribution in [0.2, 0.25) is 0 Å². The van der Waals surface area contributed by atoms with Crippen molar-refractivity contribution in [2.75, 3.05) is 13.1 Å². The molecule has 2 rings (SSSR count). The summed E-state index contributed by atoms with van der Waals surface area (Å²) in [5, 5.41) is 0.